The van der Waals surface area contributed by atoms with Gasteiger partial charge in [-0.05, 0) is 48.6 Å². The molecule has 0 amide bonds. The molecule has 0 saturated carbocycles. The Labute approximate surface area is 120 Å². The van der Waals surface area contributed by atoms with Crippen molar-refractivity contribution in [3.8, 4) is 0 Å². The Morgan fingerprint density at radius 2 is 2.21 bits per heavy atom. The van der Waals surface area contributed by atoms with Gasteiger partial charge in [0.1, 0.15) is 0 Å². The van der Waals surface area contributed by atoms with E-state index in [1.807, 2.05) is 0 Å². The van der Waals surface area contributed by atoms with Crippen LogP contribution in [-0.4, -0.2) is 42.8 Å². The zero-order valence-corrected chi connectivity index (χ0v) is 12.9. The van der Waals surface area contributed by atoms with Gasteiger partial charge in [-0.25, -0.2) is 0 Å². The lowest BCUT2D eigenvalue weighted by atomic mass is 9.84. The van der Waals surface area contributed by atoms with Gasteiger partial charge in [0, 0.05) is 24.7 Å². The lowest BCUT2D eigenvalue weighted by Gasteiger charge is -2.46. The van der Waals surface area contributed by atoms with E-state index in [2.05, 4.69) is 35.6 Å². The largest absolute Gasteiger partial charge is 0.379 e. The van der Waals surface area contributed by atoms with Crippen LogP contribution in [0.25, 0.3) is 0 Å². The van der Waals surface area contributed by atoms with E-state index in [1.165, 1.54) is 5.56 Å². The highest BCUT2D eigenvalue weighted by atomic mass is 32.1. The molecule has 2 rings (SSSR count). The summed E-state index contributed by atoms with van der Waals surface area (Å²) in [5.74, 6) is 0. The number of hydrogen-bond donors (Lipinski definition) is 1. The average Bonchev–Trinajstić information content (AvgIpc) is 2.98. The van der Waals surface area contributed by atoms with Crippen LogP contribution in [0.5, 0.6) is 0 Å². The van der Waals surface area contributed by atoms with Crippen molar-refractivity contribution < 1.29 is 4.74 Å². The minimum Gasteiger partial charge on any atom is -0.379 e. The van der Waals surface area contributed by atoms with Gasteiger partial charge in [-0.2, -0.15) is 11.3 Å². The molecule has 0 aromatic carbocycles. The van der Waals surface area contributed by atoms with Crippen molar-refractivity contribution in [3.05, 3.63) is 22.4 Å². The van der Waals surface area contributed by atoms with Crippen molar-refractivity contribution >= 4 is 11.3 Å². The van der Waals surface area contributed by atoms with Gasteiger partial charge in [0.25, 0.3) is 0 Å². The van der Waals surface area contributed by atoms with Crippen molar-refractivity contribution in [2.45, 2.75) is 44.7 Å². The van der Waals surface area contributed by atoms with Crippen molar-refractivity contribution in [1.29, 1.82) is 0 Å². The first-order valence-electron chi connectivity index (χ1n) is 7.26. The van der Waals surface area contributed by atoms with E-state index in [4.69, 9.17) is 10.5 Å². The molecule has 1 fully saturated rings. The van der Waals surface area contributed by atoms with Gasteiger partial charge in [0.05, 0.1) is 13.2 Å². The third-order valence-electron chi connectivity index (χ3n) is 4.57. The van der Waals surface area contributed by atoms with Crippen LogP contribution in [0, 0.1) is 0 Å². The molecule has 1 saturated heterocycles. The summed E-state index contributed by atoms with van der Waals surface area (Å²) in [6.45, 7) is 8.27. The minimum atomic E-state index is 0.0970. The Bertz CT molecular complexity index is 362. The van der Waals surface area contributed by atoms with Gasteiger partial charge in [0.15, 0.2) is 0 Å². The number of rotatable bonds is 6. The average molecular weight is 282 g/mol. The van der Waals surface area contributed by atoms with Crippen molar-refractivity contribution in [2.24, 2.45) is 5.73 Å². The molecule has 3 nitrogen and oxygen atoms in total. The van der Waals surface area contributed by atoms with Gasteiger partial charge in [-0.1, -0.05) is 6.92 Å². The molecule has 2 atom stereocenters. The first-order valence-corrected chi connectivity index (χ1v) is 8.20. The van der Waals surface area contributed by atoms with Crippen LogP contribution in [0.4, 0.5) is 0 Å². The summed E-state index contributed by atoms with van der Waals surface area (Å²) in [6, 6.07) is 2.42. The van der Waals surface area contributed by atoms with E-state index in [0.717, 1.165) is 45.6 Å². The van der Waals surface area contributed by atoms with Gasteiger partial charge in [-0.15, -0.1) is 0 Å². The summed E-state index contributed by atoms with van der Waals surface area (Å²) < 4.78 is 5.46. The standard InChI is InChI=1S/C15H26N2OS/c1-3-15(2,17-7-9-18-10-8-17)14(16)5-4-13-6-11-19-12-13/h6,11-12,14H,3-5,7-10,16H2,1-2H3. The maximum atomic E-state index is 6.53. The lowest BCUT2D eigenvalue weighted by molar-refractivity contribution is -0.0282. The number of thiophene rings is 1. The number of nitrogens with two attached hydrogens (primary N) is 1. The molecule has 0 bridgehead atoms. The summed E-state index contributed by atoms with van der Waals surface area (Å²) in [5.41, 5.74) is 8.05. The second kappa shape index (κ2) is 6.84. The summed E-state index contributed by atoms with van der Waals surface area (Å²) in [7, 11) is 0. The monoisotopic (exact) mass is 282 g/mol. The highest BCUT2D eigenvalue weighted by Crippen LogP contribution is 2.26. The molecule has 0 aliphatic carbocycles. The Kier molecular flexibility index (Phi) is 5.39. The van der Waals surface area contributed by atoms with Crippen LogP contribution in [0.15, 0.2) is 16.8 Å². The number of aryl methyl sites for hydroxylation is 1. The van der Waals surface area contributed by atoms with Crippen molar-refractivity contribution in [2.75, 3.05) is 26.3 Å². The molecule has 1 aromatic rings. The number of nitrogens with zero attached hydrogens (tertiary/aromatic N) is 1. The summed E-state index contributed by atoms with van der Waals surface area (Å²) >= 11 is 1.76. The highest BCUT2D eigenvalue weighted by molar-refractivity contribution is 7.07. The molecular weight excluding hydrogens is 256 g/mol. The number of hydrogen-bond acceptors (Lipinski definition) is 4. The van der Waals surface area contributed by atoms with Crippen LogP contribution in [-0.2, 0) is 11.2 Å². The van der Waals surface area contributed by atoms with Gasteiger partial charge < -0.3 is 10.5 Å². The van der Waals surface area contributed by atoms with Crippen LogP contribution < -0.4 is 5.73 Å². The van der Waals surface area contributed by atoms with E-state index < -0.39 is 0 Å². The summed E-state index contributed by atoms with van der Waals surface area (Å²) in [5, 5.41) is 4.37. The quantitative estimate of drug-likeness (QED) is 0.871. The third kappa shape index (κ3) is 3.57. The van der Waals surface area contributed by atoms with E-state index >= 15 is 0 Å². The predicted octanol–water partition coefficient (Wildman–Crippen LogP) is 2.51. The third-order valence-corrected chi connectivity index (χ3v) is 5.30. The molecule has 108 valence electrons. The van der Waals surface area contributed by atoms with Gasteiger partial charge >= 0.3 is 0 Å². The van der Waals surface area contributed by atoms with Crippen LogP contribution in [0.1, 0.15) is 32.3 Å². The Balaban J connectivity index is 1.94. The smallest absolute Gasteiger partial charge is 0.0594 e. The Morgan fingerprint density at radius 3 is 2.79 bits per heavy atom. The van der Waals surface area contributed by atoms with Crippen LogP contribution in [0.3, 0.4) is 0 Å². The maximum absolute atomic E-state index is 6.53. The molecule has 1 aliphatic rings. The molecule has 1 aromatic heterocycles. The maximum Gasteiger partial charge on any atom is 0.0594 e. The van der Waals surface area contributed by atoms with Crippen LogP contribution >= 0.6 is 11.3 Å². The van der Waals surface area contributed by atoms with Crippen LogP contribution in [0.2, 0.25) is 0 Å². The molecular formula is C15H26N2OS. The minimum absolute atomic E-state index is 0.0970. The Hall–Kier alpha value is -0.420. The molecule has 2 unspecified atom stereocenters. The zero-order valence-electron chi connectivity index (χ0n) is 12.1. The lowest BCUT2D eigenvalue weighted by Crippen LogP contribution is -2.60. The molecule has 1 aliphatic heterocycles. The predicted molar refractivity (Wildman–Crippen MR) is 81.7 cm³/mol. The second-order valence-corrected chi connectivity index (χ2v) is 6.37. The molecule has 2 heterocycles. The van der Waals surface area contributed by atoms with E-state index in [-0.39, 0.29) is 11.6 Å². The van der Waals surface area contributed by atoms with Crippen molar-refractivity contribution in [3.63, 3.8) is 0 Å². The van der Waals surface area contributed by atoms with Gasteiger partial charge in [-0.3, -0.25) is 4.90 Å². The topological polar surface area (TPSA) is 38.5 Å². The molecule has 19 heavy (non-hydrogen) atoms. The SMILES string of the molecule is CCC(C)(C(N)CCc1ccsc1)N1CCOCC1. The molecule has 4 heteroatoms. The van der Waals surface area contributed by atoms with E-state index in [9.17, 15) is 0 Å². The first kappa shape index (κ1) is 15.0. The normalized spacial score (nSPS) is 22.1. The summed E-state index contributed by atoms with van der Waals surface area (Å²) in [4.78, 5) is 2.52. The van der Waals surface area contributed by atoms with Gasteiger partial charge in [0.2, 0.25) is 0 Å². The number of morpholine rings is 1. The Morgan fingerprint density at radius 1 is 1.47 bits per heavy atom. The second-order valence-electron chi connectivity index (χ2n) is 5.59. The molecule has 0 radical (unpaired) electrons. The fourth-order valence-corrected chi connectivity index (χ4v) is 3.57. The van der Waals surface area contributed by atoms with Crippen molar-refractivity contribution in [1.82, 2.24) is 4.90 Å². The molecule has 0 spiro atoms. The summed E-state index contributed by atoms with van der Waals surface area (Å²) in [6.07, 6.45) is 3.24. The fourth-order valence-electron chi connectivity index (χ4n) is 2.86. The van der Waals surface area contributed by atoms with E-state index in [0.29, 0.717) is 0 Å². The molecule has 2 N–H and O–H groups in total. The first-order chi connectivity index (χ1) is 9.16. The van der Waals surface area contributed by atoms with E-state index in [1.54, 1.807) is 11.3 Å². The number of ether oxygens (including phenoxy) is 1. The zero-order chi connectivity index (χ0) is 13.7. The highest BCUT2D eigenvalue weighted by Gasteiger charge is 2.36. The fraction of sp³-hybridized carbons (Fsp3) is 0.733.